The number of benzene rings is 3. The van der Waals surface area contributed by atoms with Gasteiger partial charge in [0, 0.05) is 12.6 Å². The first-order valence-electron chi connectivity index (χ1n) is 9.98. The van der Waals surface area contributed by atoms with Crippen molar-refractivity contribution in [1.82, 2.24) is 15.3 Å². The molecule has 33 heavy (non-hydrogen) atoms. The number of thioether (sulfide) groups is 1. The molecule has 0 saturated heterocycles. The zero-order valence-corrected chi connectivity index (χ0v) is 19.3. The molecule has 0 fully saturated rings. The Bertz CT molecular complexity index is 1370. The van der Waals surface area contributed by atoms with Crippen LogP contribution in [0, 0.1) is 0 Å². The normalized spacial score (nSPS) is 12.4. The minimum absolute atomic E-state index is 0.0248. The lowest BCUT2D eigenvalue weighted by Gasteiger charge is -2.16. The third-order valence-corrected chi connectivity index (χ3v) is 7.02. The monoisotopic (exact) mass is 482 g/mol. The highest BCUT2D eigenvalue weighted by molar-refractivity contribution is 8.00. The van der Waals surface area contributed by atoms with Crippen LogP contribution in [0.2, 0.25) is 0 Å². The van der Waals surface area contributed by atoms with Gasteiger partial charge in [-0.2, -0.15) is 0 Å². The molecule has 8 nitrogen and oxygen atoms in total. The van der Waals surface area contributed by atoms with Crippen LogP contribution in [0.4, 0.5) is 0 Å². The molecule has 4 N–H and O–H groups in total. The van der Waals surface area contributed by atoms with Gasteiger partial charge in [0.05, 0.1) is 23.0 Å². The van der Waals surface area contributed by atoms with Crippen LogP contribution in [-0.2, 0) is 21.4 Å². The predicted molar refractivity (Wildman–Crippen MR) is 127 cm³/mol. The number of primary sulfonamides is 1. The lowest BCUT2D eigenvalue weighted by molar-refractivity contribution is -0.120. The maximum absolute atomic E-state index is 13.2. The molecule has 170 valence electrons. The van der Waals surface area contributed by atoms with Gasteiger partial charge in [-0.3, -0.25) is 4.79 Å². The van der Waals surface area contributed by atoms with Gasteiger partial charge in [-0.25, -0.2) is 18.5 Å². The number of rotatable bonds is 8. The number of amides is 1. The molecule has 0 radical (unpaired) electrons. The molecule has 0 spiro atoms. The van der Waals surface area contributed by atoms with Gasteiger partial charge in [0.1, 0.15) is 11.0 Å². The Balaban J connectivity index is 1.53. The number of aromatic amines is 1. The quantitative estimate of drug-likeness (QED) is 0.331. The maximum atomic E-state index is 13.2. The Morgan fingerprint density at radius 1 is 1.12 bits per heavy atom. The summed E-state index contributed by atoms with van der Waals surface area (Å²) in [5.74, 6) is 0.522. The minimum Gasteiger partial charge on any atom is -0.497 e. The number of sulfonamides is 1. The molecule has 10 heteroatoms. The standard InChI is InChI=1S/C23H22N4O4S2/c1-31-17-9-12-19-20(13-17)27-23(26-19)32-21(16-5-3-2-4-6-16)22(28)25-14-15-7-10-18(11-8-15)33(24,29)30/h2-13,21H,14H2,1H3,(H,25,28)(H,26,27)(H2,24,29,30)/t21-/m0/s1. The first-order valence-corrected chi connectivity index (χ1v) is 12.4. The molecule has 3 aromatic carbocycles. The molecule has 0 aliphatic carbocycles. The third-order valence-electron chi connectivity index (χ3n) is 4.96. The largest absolute Gasteiger partial charge is 0.497 e. The summed E-state index contributed by atoms with van der Waals surface area (Å²) < 4.78 is 28.1. The molecule has 1 heterocycles. The smallest absolute Gasteiger partial charge is 0.238 e. The van der Waals surface area contributed by atoms with E-state index in [1.54, 1.807) is 19.2 Å². The highest BCUT2D eigenvalue weighted by Gasteiger charge is 2.23. The fourth-order valence-corrected chi connectivity index (χ4v) is 4.78. The molecule has 0 aliphatic heterocycles. The van der Waals surface area contributed by atoms with Crippen LogP contribution in [0.15, 0.2) is 82.8 Å². The number of H-pyrrole nitrogens is 1. The molecule has 0 bridgehead atoms. The van der Waals surface area contributed by atoms with E-state index < -0.39 is 15.3 Å². The van der Waals surface area contributed by atoms with E-state index in [1.807, 2.05) is 48.5 Å². The summed E-state index contributed by atoms with van der Waals surface area (Å²) >= 11 is 1.31. The number of nitrogens with two attached hydrogens (primary N) is 1. The van der Waals surface area contributed by atoms with E-state index in [1.165, 1.54) is 23.9 Å². The number of carbonyl (C=O) groups is 1. The van der Waals surface area contributed by atoms with Gasteiger partial charge in [0.15, 0.2) is 5.16 Å². The van der Waals surface area contributed by atoms with Gasteiger partial charge in [-0.1, -0.05) is 54.2 Å². The predicted octanol–water partition coefficient (Wildman–Crippen LogP) is 3.37. The van der Waals surface area contributed by atoms with Crippen LogP contribution in [0.25, 0.3) is 11.0 Å². The Hall–Kier alpha value is -3.34. The van der Waals surface area contributed by atoms with Crippen LogP contribution in [0.1, 0.15) is 16.4 Å². The van der Waals surface area contributed by atoms with Crippen molar-refractivity contribution in [2.24, 2.45) is 5.14 Å². The number of nitrogens with zero attached hydrogens (tertiary/aromatic N) is 1. The number of carbonyl (C=O) groups excluding carboxylic acids is 1. The summed E-state index contributed by atoms with van der Waals surface area (Å²) in [6, 6.07) is 21.1. The van der Waals surface area contributed by atoms with E-state index in [9.17, 15) is 13.2 Å². The van der Waals surface area contributed by atoms with Crippen molar-refractivity contribution >= 4 is 38.7 Å². The molecule has 0 aliphatic rings. The van der Waals surface area contributed by atoms with Crippen LogP contribution in [0.3, 0.4) is 0 Å². The van der Waals surface area contributed by atoms with Crippen molar-refractivity contribution in [3.8, 4) is 5.75 Å². The SMILES string of the molecule is COc1ccc2nc(S[C@H](C(=O)NCc3ccc(S(N)(=O)=O)cc3)c3ccccc3)[nH]c2c1. The van der Waals surface area contributed by atoms with Crippen LogP contribution < -0.4 is 15.2 Å². The average Bonchev–Trinajstić information content (AvgIpc) is 3.23. The van der Waals surface area contributed by atoms with Crippen molar-refractivity contribution in [2.75, 3.05) is 7.11 Å². The number of hydrogen-bond acceptors (Lipinski definition) is 6. The zero-order chi connectivity index (χ0) is 23.4. The second-order valence-corrected chi connectivity index (χ2v) is 9.90. The Morgan fingerprint density at radius 2 is 1.85 bits per heavy atom. The van der Waals surface area contributed by atoms with Gasteiger partial charge in [0.25, 0.3) is 0 Å². The summed E-state index contributed by atoms with van der Waals surface area (Å²) in [6.45, 7) is 0.241. The number of aromatic nitrogens is 2. The van der Waals surface area contributed by atoms with Crippen LogP contribution in [-0.4, -0.2) is 31.4 Å². The van der Waals surface area contributed by atoms with E-state index in [0.717, 1.165) is 22.2 Å². The van der Waals surface area contributed by atoms with Crippen molar-refractivity contribution in [2.45, 2.75) is 21.8 Å². The zero-order valence-electron chi connectivity index (χ0n) is 17.7. The fourth-order valence-electron chi connectivity index (χ4n) is 3.24. The highest BCUT2D eigenvalue weighted by atomic mass is 32.2. The Kier molecular flexibility index (Phi) is 6.68. The van der Waals surface area contributed by atoms with E-state index in [-0.39, 0.29) is 17.3 Å². The summed E-state index contributed by atoms with van der Waals surface area (Å²) in [5.41, 5.74) is 3.19. The summed E-state index contributed by atoms with van der Waals surface area (Å²) in [7, 11) is -2.16. The lowest BCUT2D eigenvalue weighted by Crippen LogP contribution is -2.27. The number of hydrogen-bond donors (Lipinski definition) is 3. The summed E-state index contributed by atoms with van der Waals surface area (Å²) in [6.07, 6.45) is 0. The van der Waals surface area contributed by atoms with Crippen molar-refractivity contribution in [1.29, 1.82) is 0 Å². The fraction of sp³-hybridized carbons (Fsp3) is 0.130. The molecule has 4 rings (SSSR count). The number of imidazole rings is 1. The molecule has 1 atom stereocenters. The van der Waals surface area contributed by atoms with Crippen molar-refractivity contribution in [3.63, 3.8) is 0 Å². The molecular formula is C23H22N4O4S2. The maximum Gasteiger partial charge on any atom is 0.238 e. The van der Waals surface area contributed by atoms with E-state index in [2.05, 4.69) is 15.3 Å². The van der Waals surface area contributed by atoms with Crippen LogP contribution >= 0.6 is 11.8 Å². The number of nitrogens with one attached hydrogen (secondary N) is 2. The third kappa shape index (κ3) is 5.54. The number of ether oxygens (including phenoxy) is 1. The van der Waals surface area contributed by atoms with Gasteiger partial charge in [-0.15, -0.1) is 0 Å². The molecule has 0 saturated carbocycles. The minimum atomic E-state index is -3.76. The van der Waals surface area contributed by atoms with Gasteiger partial charge < -0.3 is 15.0 Å². The first kappa shape index (κ1) is 22.8. The van der Waals surface area contributed by atoms with Gasteiger partial charge in [-0.05, 0) is 35.4 Å². The van der Waals surface area contributed by atoms with Crippen molar-refractivity contribution < 1.29 is 17.9 Å². The summed E-state index contributed by atoms with van der Waals surface area (Å²) in [5, 5.41) is 8.13. The van der Waals surface area contributed by atoms with E-state index in [4.69, 9.17) is 9.88 Å². The van der Waals surface area contributed by atoms with Crippen molar-refractivity contribution in [3.05, 3.63) is 83.9 Å². The highest BCUT2D eigenvalue weighted by Crippen LogP contribution is 2.35. The number of fused-ring (bicyclic) bond motifs is 1. The number of methoxy groups -OCH3 is 1. The Labute approximate surface area is 195 Å². The van der Waals surface area contributed by atoms with E-state index >= 15 is 0 Å². The second-order valence-electron chi connectivity index (χ2n) is 7.24. The topological polar surface area (TPSA) is 127 Å². The molecule has 4 aromatic rings. The van der Waals surface area contributed by atoms with Gasteiger partial charge in [0.2, 0.25) is 15.9 Å². The second kappa shape index (κ2) is 9.65. The van der Waals surface area contributed by atoms with Gasteiger partial charge >= 0.3 is 0 Å². The average molecular weight is 483 g/mol. The first-order chi connectivity index (χ1) is 15.8. The summed E-state index contributed by atoms with van der Waals surface area (Å²) in [4.78, 5) is 21.0. The lowest BCUT2D eigenvalue weighted by atomic mass is 10.1. The van der Waals surface area contributed by atoms with Crippen LogP contribution in [0.5, 0.6) is 5.75 Å². The molecule has 0 unspecified atom stereocenters. The van der Waals surface area contributed by atoms with E-state index in [0.29, 0.717) is 10.9 Å². The molecule has 1 amide bonds. The Morgan fingerprint density at radius 3 is 2.52 bits per heavy atom. The molecule has 1 aromatic heterocycles. The molecular weight excluding hydrogens is 460 g/mol.